The summed E-state index contributed by atoms with van der Waals surface area (Å²) in [7, 11) is 0. The summed E-state index contributed by atoms with van der Waals surface area (Å²) in [6.45, 7) is 9.92. The molecule has 0 aliphatic rings. The van der Waals surface area contributed by atoms with Gasteiger partial charge in [0, 0.05) is 12.6 Å². The van der Waals surface area contributed by atoms with Crippen molar-refractivity contribution in [2.45, 2.75) is 44.7 Å². The highest BCUT2D eigenvalue weighted by Gasteiger charge is 2.10. The Hall–Kier alpha value is 0.660. The molecule has 68 valence electrons. The second-order valence-corrected chi connectivity index (χ2v) is 5.45. The Morgan fingerprint density at radius 1 is 1.36 bits per heavy atom. The molecule has 0 aliphatic heterocycles. The minimum atomic E-state index is 0.406. The van der Waals surface area contributed by atoms with Crippen LogP contribution in [0.5, 0.6) is 0 Å². The van der Waals surface area contributed by atoms with Crippen LogP contribution in [0.25, 0.3) is 0 Å². The molecule has 0 spiro atoms. The van der Waals surface area contributed by atoms with E-state index >= 15 is 0 Å². The first-order chi connectivity index (χ1) is 5.07. The Kier molecular flexibility index (Phi) is 6.58. The molecule has 1 nitrogen and oxygen atoms in total. The van der Waals surface area contributed by atoms with E-state index in [0.29, 0.717) is 10.6 Å². The third kappa shape index (κ3) is 5.88. The smallest absolute Gasteiger partial charge is 0.0591 e. The van der Waals surface area contributed by atoms with Crippen LogP contribution in [0.15, 0.2) is 0 Å². The van der Waals surface area contributed by atoms with Gasteiger partial charge in [-0.25, -0.2) is 4.31 Å². The molecule has 0 bridgehead atoms. The van der Waals surface area contributed by atoms with Gasteiger partial charge >= 0.3 is 0 Å². The molecule has 1 atom stereocenters. The summed E-state index contributed by atoms with van der Waals surface area (Å²) in [6.07, 6.45) is 1.21. The monoisotopic (exact) mass is 193 g/mol. The highest BCUT2D eigenvalue weighted by molar-refractivity contribution is 8.08. The number of thiol groups is 1. The molecule has 0 radical (unpaired) electrons. The van der Waals surface area contributed by atoms with E-state index in [1.165, 1.54) is 6.42 Å². The van der Waals surface area contributed by atoms with Gasteiger partial charge in [-0.2, -0.15) is 12.6 Å². The lowest BCUT2D eigenvalue weighted by Gasteiger charge is -2.25. The minimum Gasteiger partial charge on any atom is -0.247 e. The maximum atomic E-state index is 4.35. The highest BCUT2D eigenvalue weighted by atomic mass is 32.2. The fraction of sp³-hybridized carbons (Fsp3) is 1.00. The topological polar surface area (TPSA) is 3.24 Å². The van der Waals surface area contributed by atoms with E-state index in [4.69, 9.17) is 0 Å². The zero-order valence-corrected chi connectivity index (χ0v) is 9.58. The van der Waals surface area contributed by atoms with Gasteiger partial charge in [0.05, 0.1) is 4.58 Å². The molecule has 0 aromatic heterocycles. The predicted molar refractivity (Wildman–Crippen MR) is 58.2 cm³/mol. The highest BCUT2D eigenvalue weighted by Crippen LogP contribution is 2.21. The summed E-state index contributed by atoms with van der Waals surface area (Å²) in [5, 5.41) is 0. The van der Waals surface area contributed by atoms with Crippen molar-refractivity contribution < 1.29 is 0 Å². The van der Waals surface area contributed by atoms with Crippen LogP contribution < -0.4 is 0 Å². The fourth-order valence-electron chi connectivity index (χ4n) is 0.849. The molecule has 0 saturated heterocycles. The summed E-state index contributed by atoms with van der Waals surface area (Å²) in [4.78, 5) is 0. The van der Waals surface area contributed by atoms with Crippen LogP contribution in [0.1, 0.15) is 34.1 Å². The van der Waals surface area contributed by atoms with Gasteiger partial charge in [-0.05, 0) is 27.2 Å². The van der Waals surface area contributed by atoms with Crippen molar-refractivity contribution in [1.29, 1.82) is 0 Å². The van der Waals surface area contributed by atoms with Gasteiger partial charge in [-0.1, -0.05) is 18.9 Å². The van der Waals surface area contributed by atoms with Crippen molar-refractivity contribution in [2.75, 3.05) is 6.54 Å². The summed E-state index contributed by atoms with van der Waals surface area (Å²) in [6, 6.07) is 0.620. The summed E-state index contributed by atoms with van der Waals surface area (Å²) < 4.78 is 2.79. The standard InChI is InChI=1S/C8H19NS2/c1-5-6-9(7(2)3)11-8(4)10/h7-8,10H,5-6H2,1-4H3. The minimum absolute atomic E-state index is 0.406. The molecule has 0 saturated carbocycles. The molecule has 0 aromatic carbocycles. The SMILES string of the molecule is CCCN(SC(C)S)C(C)C. The van der Waals surface area contributed by atoms with E-state index in [-0.39, 0.29) is 0 Å². The Balaban J connectivity index is 3.69. The van der Waals surface area contributed by atoms with E-state index < -0.39 is 0 Å². The third-order valence-electron chi connectivity index (χ3n) is 1.31. The first-order valence-electron chi connectivity index (χ1n) is 4.19. The predicted octanol–water partition coefficient (Wildman–Crippen LogP) is 3.03. The second-order valence-electron chi connectivity index (χ2n) is 2.94. The fourth-order valence-corrected chi connectivity index (χ4v) is 2.14. The number of hydrogen-bond donors (Lipinski definition) is 1. The second kappa shape index (κ2) is 6.21. The molecular formula is C8H19NS2. The van der Waals surface area contributed by atoms with Crippen LogP contribution in [-0.4, -0.2) is 21.5 Å². The van der Waals surface area contributed by atoms with E-state index in [0.717, 1.165) is 6.54 Å². The lowest BCUT2D eigenvalue weighted by Crippen LogP contribution is -2.25. The Labute approximate surface area is 80.5 Å². The molecule has 1 unspecified atom stereocenters. The lowest BCUT2D eigenvalue weighted by molar-refractivity contribution is 0.396. The summed E-state index contributed by atoms with van der Waals surface area (Å²) in [5.41, 5.74) is 0. The first-order valence-corrected chi connectivity index (χ1v) is 5.54. The number of hydrogen-bond acceptors (Lipinski definition) is 3. The van der Waals surface area contributed by atoms with E-state index in [1.807, 2.05) is 11.9 Å². The van der Waals surface area contributed by atoms with Crippen LogP contribution >= 0.6 is 24.6 Å². The number of rotatable bonds is 5. The molecule has 0 amide bonds. The van der Waals surface area contributed by atoms with Crippen molar-refractivity contribution in [3.63, 3.8) is 0 Å². The van der Waals surface area contributed by atoms with Gasteiger partial charge in [-0.15, -0.1) is 0 Å². The van der Waals surface area contributed by atoms with Crippen molar-refractivity contribution in [2.24, 2.45) is 0 Å². The lowest BCUT2D eigenvalue weighted by atomic mass is 10.4. The van der Waals surface area contributed by atoms with Crippen molar-refractivity contribution >= 4 is 24.6 Å². The Bertz CT molecular complexity index is 94.1. The molecule has 0 fully saturated rings. The van der Waals surface area contributed by atoms with Gasteiger partial charge in [0.2, 0.25) is 0 Å². The zero-order chi connectivity index (χ0) is 8.85. The van der Waals surface area contributed by atoms with Crippen LogP contribution in [0.4, 0.5) is 0 Å². The van der Waals surface area contributed by atoms with Gasteiger partial charge < -0.3 is 0 Å². The third-order valence-corrected chi connectivity index (χ3v) is 2.77. The average molecular weight is 193 g/mol. The first kappa shape index (κ1) is 11.7. The average Bonchev–Trinajstić information content (AvgIpc) is 1.86. The Morgan fingerprint density at radius 3 is 2.18 bits per heavy atom. The van der Waals surface area contributed by atoms with E-state index in [1.54, 1.807) is 0 Å². The maximum Gasteiger partial charge on any atom is 0.0591 e. The maximum absolute atomic E-state index is 4.35. The van der Waals surface area contributed by atoms with Crippen LogP contribution in [0.3, 0.4) is 0 Å². The van der Waals surface area contributed by atoms with Crippen LogP contribution in [0.2, 0.25) is 0 Å². The zero-order valence-electron chi connectivity index (χ0n) is 7.87. The Morgan fingerprint density at radius 2 is 1.91 bits per heavy atom. The van der Waals surface area contributed by atoms with Crippen LogP contribution in [0, 0.1) is 0 Å². The normalized spacial score (nSPS) is 14.5. The van der Waals surface area contributed by atoms with Crippen molar-refractivity contribution in [3.05, 3.63) is 0 Å². The molecular weight excluding hydrogens is 174 g/mol. The van der Waals surface area contributed by atoms with Crippen molar-refractivity contribution in [1.82, 2.24) is 4.31 Å². The van der Waals surface area contributed by atoms with Gasteiger partial charge in [0.15, 0.2) is 0 Å². The van der Waals surface area contributed by atoms with Crippen molar-refractivity contribution in [3.8, 4) is 0 Å². The largest absolute Gasteiger partial charge is 0.247 e. The van der Waals surface area contributed by atoms with Gasteiger partial charge in [0.25, 0.3) is 0 Å². The number of nitrogens with zero attached hydrogens (tertiary/aromatic N) is 1. The van der Waals surface area contributed by atoms with E-state index in [9.17, 15) is 0 Å². The molecule has 0 aliphatic carbocycles. The molecule has 0 aromatic rings. The van der Waals surface area contributed by atoms with E-state index in [2.05, 4.69) is 44.6 Å². The molecule has 3 heteroatoms. The molecule has 11 heavy (non-hydrogen) atoms. The quantitative estimate of drug-likeness (QED) is 0.406. The molecule has 0 rings (SSSR count). The molecule has 0 N–H and O–H groups in total. The summed E-state index contributed by atoms with van der Waals surface area (Å²) in [5.74, 6) is 0. The van der Waals surface area contributed by atoms with Gasteiger partial charge in [-0.3, -0.25) is 0 Å². The van der Waals surface area contributed by atoms with Crippen LogP contribution in [-0.2, 0) is 0 Å². The molecule has 0 heterocycles. The van der Waals surface area contributed by atoms with Gasteiger partial charge in [0.1, 0.15) is 0 Å². The summed E-state index contributed by atoms with van der Waals surface area (Å²) >= 11 is 6.18.